The number of carbonyl (C=O) groups excluding carboxylic acids is 2. The molecule has 1 atom stereocenters. The molecule has 0 aromatic carbocycles. The van der Waals surface area contributed by atoms with E-state index in [0.717, 1.165) is 0 Å². The molecule has 20 heavy (non-hydrogen) atoms. The summed E-state index contributed by atoms with van der Waals surface area (Å²) >= 11 is 0. The summed E-state index contributed by atoms with van der Waals surface area (Å²) in [5.74, 6) is -0.750. The molecule has 0 radical (unpaired) electrons. The summed E-state index contributed by atoms with van der Waals surface area (Å²) in [5, 5.41) is 4.72. The van der Waals surface area contributed by atoms with Gasteiger partial charge in [0.15, 0.2) is 0 Å². The number of rotatable bonds is 4. The molecule has 0 bridgehead atoms. The molecule has 5 nitrogen and oxygen atoms in total. The Bertz CT molecular complexity index is 383. The van der Waals surface area contributed by atoms with E-state index in [1.54, 1.807) is 13.8 Å². The first-order chi connectivity index (χ1) is 9.04. The zero-order valence-electron chi connectivity index (χ0n) is 11.8. The summed E-state index contributed by atoms with van der Waals surface area (Å²) in [6.45, 7) is 4.81. The van der Waals surface area contributed by atoms with Crippen LogP contribution in [0, 0.1) is 0 Å². The minimum atomic E-state index is -4.43. The Labute approximate surface area is 115 Å². The molecule has 1 saturated heterocycles. The summed E-state index contributed by atoms with van der Waals surface area (Å²) in [6, 6.07) is -0.746. The van der Waals surface area contributed by atoms with Gasteiger partial charge in [-0.05, 0) is 20.8 Å². The Morgan fingerprint density at radius 2 is 1.95 bits per heavy atom. The molecule has 1 heterocycles. The summed E-state index contributed by atoms with van der Waals surface area (Å²) in [5.41, 5.74) is -0.731. The Morgan fingerprint density at radius 1 is 1.35 bits per heavy atom. The average Bonchev–Trinajstić information content (AvgIpc) is 2.35. The van der Waals surface area contributed by atoms with Crippen LogP contribution in [-0.2, 0) is 9.59 Å². The van der Waals surface area contributed by atoms with Gasteiger partial charge in [0.05, 0.1) is 11.6 Å². The molecular formula is C12H20F3N3O2. The van der Waals surface area contributed by atoms with Crippen LogP contribution in [0.2, 0.25) is 0 Å². The first-order valence-corrected chi connectivity index (χ1v) is 6.38. The Kier molecular flexibility index (Phi) is 5.15. The first kappa shape index (κ1) is 16.9. The van der Waals surface area contributed by atoms with Gasteiger partial charge in [0.2, 0.25) is 5.91 Å². The minimum absolute atomic E-state index is 0.0474. The van der Waals surface area contributed by atoms with Crippen LogP contribution in [0.4, 0.5) is 13.2 Å². The predicted octanol–water partition coefficient (Wildman–Crippen LogP) is 0.306. The highest BCUT2D eigenvalue weighted by atomic mass is 19.4. The van der Waals surface area contributed by atoms with Crippen LogP contribution in [0.1, 0.15) is 20.8 Å². The van der Waals surface area contributed by atoms with Crippen LogP contribution < -0.4 is 10.6 Å². The van der Waals surface area contributed by atoms with E-state index in [-0.39, 0.29) is 12.3 Å². The van der Waals surface area contributed by atoms with Gasteiger partial charge >= 0.3 is 6.18 Å². The zero-order chi connectivity index (χ0) is 15.6. The SMILES string of the molecule is CC(=O)C(C)(C)N1CCN[C@H](C(=O)NCC(F)(F)F)C1. The molecule has 1 fully saturated rings. The molecule has 0 spiro atoms. The molecule has 1 amide bonds. The van der Waals surface area contributed by atoms with Crippen LogP contribution >= 0.6 is 0 Å². The van der Waals surface area contributed by atoms with E-state index in [1.807, 2.05) is 10.2 Å². The third kappa shape index (κ3) is 4.45. The van der Waals surface area contributed by atoms with Crippen molar-refractivity contribution in [3.05, 3.63) is 0 Å². The maximum Gasteiger partial charge on any atom is 0.405 e. The van der Waals surface area contributed by atoms with Crippen LogP contribution in [-0.4, -0.2) is 60.5 Å². The van der Waals surface area contributed by atoms with Gasteiger partial charge in [0.1, 0.15) is 12.3 Å². The van der Waals surface area contributed by atoms with E-state index in [9.17, 15) is 22.8 Å². The van der Waals surface area contributed by atoms with Gasteiger partial charge < -0.3 is 10.6 Å². The lowest BCUT2D eigenvalue weighted by molar-refractivity contribution is -0.141. The van der Waals surface area contributed by atoms with Crippen molar-refractivity contribution in [2.45, 2.75) is 38.5 Å². The van der Waals surface area contributed by atoms with Crippen LogP contribution in [0.15, 0.2) is 0 Å². The van der Waals surface area contributed by atoms with E-state index in [1.165, 1.54) is 6.92 Å². The predicted molar refractivity (Wildman–Crippen MR) is 67.2 cm³/mol. The monoisotopic (exact) mass is 295 g/mol. The fraction of sp³-hybridized carbons (Fsp3) is 0.833. The molecule has 1 aliphatic heterocycles. The van der Waals surface area contributed by atoms with Crippen molar-refractivity contribution in [3.8, 4) is 0 Å². The second-order valence-corrected chi connectivity index (χ2v) is 5.40. The van der Waals surface area contributed by atoms with Crippen LogP contribution in [0.5, 0.6) is 0 Å². The van der Waals surface area contributed by atoms with Crippen molar-refractivity contribution in [1.29, 1.82) is 0 Å². The quantitative estimate of drug-likeness (QED) is 0.783. The lowest BCUT2D eigenvalue weighted by atomic mass is 9.95. The lowest BCUT2D eigenvalue weighted by Crippen LogP contribution is -2.63. The summed E-state index contributed by atoms with van der Waals surface area (Å²) in [6.07, 6.45) is -4.43. The zero-order valence-corrected chi connectivity index (χ0v) is 11.8. The highest BCUT2D eigenvalue weighted by molar-refractivity contribution is 5.86. The van der Waals surface area contributed by atoms with Gasteiger partial charge in [-0.3, -0.25) is 14.5 Å². The van der Waals surface area contributed by atoms with Crippen molar-refractivity contribution in [2.24, 2.45) is 0 Å². The molecule has 1 rings (SSSR count). The van der Waals surface area contributed by atoms with Crippen LogP contribution in [0.25, 0.3) is 0 Å². The van der Waals surface area contributed by atoms with Crippen molar-refractivity contribution < 1.29 is 22.8 Å². The topological polar surface area (TPSA) is 61.4 Å². The number of Topliss-reactive ketones (excluding diaryl/α,β-unsaturated/α-hetero) is 1. The van der Waals surface area contributed by atoms with Gasteiger partial charge in [-0.15, -0.1) is 0 Å². The number of nitrogens with one attached hydrogen (secondary N) is 2. The maximum absolute atomic E-state index is 12.1. The number of hydrogen-bond acceptors (Lipinski definition) is 4. The number of amides is 1. The molecule has 0 aromatic heterocycles. The van der Waals surface area contributed by atoms with Crippen LogP contribution in [0.3, 0.4) is 0 Å². The van der Waals surface area contributed by atoms with Gasteiger partial charge in [-0.2, -0.15) is 13.2 Å². The Morgan fingerprint density at radius 3 is 2.45 bits per heavy atom. The molecule has 116 valence electrons. The standard InChI is InChI=1S/C12H20F3N3O2/c1-8(19)11(2,3)18-5-4-16-9(6-18)10(20)17-7-12(13,14)15/h9,16H,4-7H2,1-3H3,(H,17,20)/t9-/m0/s1. The molecule has 8 heteroatoms. The molecule has 2 N–H and O–H groups in total. The number of ketones is 1. The largest absolute Gasteiger partial charge is 0.405 e. The van der Waals surface area contributed by atoms with E-state index < -0.39 is 30.2 Å². The summed E-state index contributed by atoms with van der Waals surface area (Å²) in [4.78, 5) is 25.1. The smallest absolute Gasteiger partial charge is 0.346 e. The molecule has 0 saturated carbocycles. The Hall–Kier alpha value is -1.15. The first-order valence-electron chi connectivity index (χ1n) is 6.38. The second kappa shape index (κ2) is 6.09. The maximum atomic E-state index is 12.1. The highest BCUT2D eigenvalue weighted by Gasteiger charge is 2.37. The number of halogens is 3. The van der Waals surface area contributed by atoms with Gasteiger partial charge in [0.25, 0.3) is 0 Å². The molecule has 0 unspecified atom stereocenters. The van der Waals surface area contributed by atoms with E-state index >= 15 is 0 Å². The fourth-order valence-electron chi connectivity index (χ4n) is 1.97. The van der Waals surface area contributed by atoms with Crippen molar-refractivity contribution in [1.82, 2.24) is 15.5 Å². The number of alkyl halides is 3. The minimum Gasteiger partial charge on any atom is -0.346 e. The molecule has 0 aliphatic carbocycles. The normalized spacial score (nSPS) is 21.6. The number of nitrogens with zero attached hydrogens (tertiary/aromatic N) is 1. The fourth-order valence-corrected chi connectivity index (χ4v) is 1.97. The molecule has 1 aliphatic rings. The highest BCUT2D eigenvalue weighted by Crippen LogP contribution is 2.18. The summed E-state index contributed by atoms with van der Waals surface area (Å²) in [7, 11) is 0. The van der Waals surface area contributed by atoms with Crippen molar-refractivity contribution in [2.75, 3.05) is 26.2 Å². The number of piperazine rings is 1. The third-order valence-electron chi connectivity index (χ3n) is 3.61. The molecular weight excluding hydrogens is 275 g/mol. The lowest BCUT2D eigenvalue weighted by Gasteiger charge is -2.42. The van der Waals surface area contributed by atoms with E-state index in [4.69, 9.17) is 0 Å². The average molecular weight is 295 g/mol. The number of carbonyl (C=O) groups is 2. The third-order valence-corrected chi connectivity index (χ3v) is 3.61. The summed E-state index contributed by atoms with van der Waals surface area (Å²) < 4.78 is 36.2. The van der Waals surface area contributed by atoms with Gasteiger partial charge in [-0.25, -0.2) is 0 Å². The number of hydrogen-bond donors (Lipinski definition) is 2. The van der Waals surface area contributed by atoms with E-state index in [2.05, 4.69) is 5.32 Å². The van der Waals surface area contributed by atoms with Gasteiger partial charge in [0, 0.05) is 19.6 Å². The van der Waals surface area contributed by atoms with Crippen molar-refractivity contribution in [3.63, 3.8) is 0 Å². The Balaban J connectivity index is 2.61. The van der Waals surface area contributed by atoms with E-state index in [0.29, 0.717) is 13.1 Å². The van der Waals surface area contributed by atoms with Crippen molar-refractivity contribution >= 4 is 11.7 Å². The second-order valence-electron chi connectivity index (χ2n) is 5.40. The van der Waals surface area contributed by atoms with Gasteiger partial charge in [-0.1, -0.05) is 0 Å². The molecule has 0 aromatic rings.